The lowest BCUT2D eigenvalue weighted by Crippen LogP contribution is -2.63. The average Bonchev–Trinajstić information content (AvgIpc) is 3.61. The summed E-state index contributed by atoms with van der Waals surface area (Å²) < 4.78 is 5.59. The quantitative estimate of drug-likeness (QED) is 0.114. The molecule has 3 aliphatic rings. The van der Waals surface area contributed by atoms with Crippen LogP contribution in [0, 0.1) is 32.1 Å². The molecule has 2 saturated heterocycles. The number of nitro groups is 2. The van der Waals surface area contributed by atoms with E-state index >= 15 is 0 Å². The van der Waals surface area contributed by atoms with Gasteiger partial charge in [-0.1, -0.05) is 19.1 Å². The first-order valence-electron chi connectivity index (χ1n) is 15.4. The molecule has 2 fully saturated rings. The maximum atomic E-state index is 13.5. The van der Waals surface area contributed by atoms with Crippen LogP contribution in [0.1, 0.15) is 30.7 Å². The van der Waals surface area contributed by atoms with Crippen LogP contribution in [0.4, 0.5) is 16.5 Å². The first kappa shape index (κ1) is 34.0. The van der Waals surface area contributed by atoms with Crippen molar-refractivity contribution in [3.8, 4) is 0 Å². The Morgan fingerprint density at radius 3 is 2.29 bits per heavy atom. The summed E-state index contributed by atoms with van der Waals surface area (Å²) >= 11 is 2.97. The molecule has 3 aliphatic heterocycles. The second-order valence-corrected chi connectivity index (χ2v) is 14.3. The number of fused-ring (bicyclic) bond motifs is 1. The van der Waals surface area contributed by atoms with Gasteiger partial charge in [-0.2, -0.15) is 0 Å². The van der Waals surface area contributed by atoms with Crippen molar-refractivity contribution in [2.24, 2.45) is 11.8 Å². The number of ether oxygens (including phenoxy) is 1. The van der Waals surface area contributed by atoms with Gasteiger partial charge in [0.05, 0.1) is 46.6 Å². The lowest BCUT2D eigenvalue weighted by atomic mass is 9.79. The number of nitrogens with one attached hydrogen (secondary N) is 1. The molecule has 0 aliphatic carbocycles. The van der Waals surface area contributed by atoms with Crippen LogP contribution in [-0.4, -0.2) is 73.1 Å². The molecule has 0 saturated carbocycles. The Morgan fingerprint density at radius 2 is 1.69 bits per heavy atom. The minimum absolute atomic E-state index is 0.0370. The number of aliphatic hydroxyl groups is 1. The number of nitrogens with zero attached hydrogens (tertiary/aromatic N) is 5. The zero-order valence-corrected chi connectivity index (χ0v) is 28.0. The minimum Gasteiger partial charge on any atom is -0.456 e. The van der Waals surface area contributed by atoms with E-state index in [1.807, 2.05) is 12.3 Å². The van der Waals surface area contributed by atoms with E-state index < -0.39 is 27.8 Å². The van der Waals surface area contributed by atoms with Crippen LogP contribution in [-0.2, 0) is 38.7 Å². The number of amides is 2. The van der Waals surface area contributed by atoms with Crippen LogP contribution in [0.5, 0.6) is 0 Å². The van der Waals surface area contributed by atoms with Crippen molar-refractivity contribution in [3.63, 3.8) is 0 Å². The Morgan fingerprint density at radius 1 is 1.08 bits per heavy atom. The van der Waals surface area contributed by atoms with Crippen molar-refractivity contribution in [1.29, 1.82) is 0 Å². The molecule has 4 heterocycles. The third kappa shape index (κ3) is 7.00. The van der Waals surface area contributed by atoms with Gasteiger partial charge in [-0.05, 0) is 30.2 Å². The molecule has 0 radical (unpaired) electrons. The zero-order valence-electron chi connectivity index (χ0n) is 26.4. The molecule has 0 unspecified atom stereocenters. The number of esters is 1. The van der Waals surface area contributed by atoms with E-state index in [4.69, 9.17) is 4.74 Å². The molecule has 17 heteroatoms. The van der Waals surface area contributed by atoms with E-state index in [2.05, 4.69) is 15.2 Å². The number of carbonyl (C=O) groups is 3. The minimum atomic E-state index is -0.872. The molecule has 0 spiro atoms. The number of hydrogen-bond acceptors (Lipinski definition) is 13. The van der Waals surface area contributed by atoms with E-state index in [0.29, 0.717) is 29.9 Å². The second kappa shape index (κ2) is 13.9. The summed E-state index contributed by atoms with van der Waals surface area (Å²) in [6.45, 7) is 4.91. The molecule has 4 atom stereocenters. The zero-order chi connectivity index (χ0) is 35.0. The van der Waals surface area contributed by atoms with Gasteiger partial charge in [-0.3, -0.25) is 29.8 Å². The lowest BCUT2D eigenvalue weighted by Gasteiger charge is -2.46. The fraction of sp³-hybridized carbons (Fsp3) is 0.375. The first-order chi connectivity index (χ1) is 23.4. The summed E-state index contributed by atoms with van der Waals surface area (Å²) in [5.41, 5.74) is 2.00. The second-order valence-electron chi connectivity index (χ2n) is 12.1. The van der Waals surface area contributed by atoms with Crippen molar-refractivity contribution in [2.75, 3.05) is 18.0 Å². The number of aromatic nitrogens is 1. The highest BCUT2D eigenvalue weighted by Gasteiger charge is 2.60. The first-order valence-corrected chi connectivity index (χ1v) is 17.2. The molecule has 256 valence electrons. The summed E-state index contributed by atoms with van der Waals surface area (Å²) in [5.74, 6) is -2.03. The predicted octanol–water partition coefficient (Wildman–Crippen LogP) is 3.55. The van der Waals surface area contributed by atoms with Gasteiger partial charge in [-0.25, -0.2) is 9.78 Å². The summed E-state index contributed by atoms with van der Waals surface area (Å²) in [6.07, 6.45) is -0.786. The molecule has 49 heavy (non-hydrogen) atoms. The van der Waals surface area contributed by atoms with Crippen molar-refractivity contribution in [1.82, 2.24) is 15.2 Å². The molecule has 1 aromatic heterocycles. The number of rotatable bonds is 13. The largest absolute Gasteiger partial charge is 0.456 e. The van der Waals surface area contributed by atoms with Crippen molar-refractivity contribution in [2.45, 2.75) is 50.8 Å². The molecular formula is C32H32N6O9S2. The Labute approximate surface area is 288 Å². The molecule has 6 rings (SSSR count). The number of thioether (sulfide) groups is 1. The normalized spacial score (nSPS) is 20.7. The Kier molecular flexibility index (Phi) is 9.67. The monoisotopic (exact) mass is 708 g/mol. The molecular weight excluding hydrogens is 677 g/mol. The van der Waals surface area contributed by atoms with Gasteiger partial charge in [0.25, 0.3) is 11.4 Å². The van der Waals surface area contributed by atoms with E-state index in [1.54, 1.807) is 19.1 Å². The third-order valence-corrected chi connectivity index (χ3v) is 11.2. The highest BCUT2D eigenvalue weighted by Crippen LogP contribution is 2.52. The fourth-order valence-corrected chi connectivity index (χ4v) is 8.51. The topological polar surface area (TPSA) is 198 Å². The number of aliphatic hydroxyl groups excluding tert-OH is 1. The van der Waals surface area contributed by atoms with Crippen molar-refractivity contribution in [3.05, 3.63) is 102 Å². The number of nitro benzene ring substituents is 2. The van der Waals surface area contributed by atoms with Gasteiger partial charge in [0.2, 0.25) is 11.8 Å². The van der Waals surface area contributed by atoms with Gasteiger partial charge < -0.3 is 25.0 Å². The summed E-state index contributed by atoms with van der Waals surface area (Å²) in [5, 5.41) is 37.7. The van der Waals surface area contributed by atoms with E-state index in [0.717, 1.165) is 10.0 Å². The van der Waals surface area contributed by atoms with Gasteiger partial charge in [-0.15, -0.1) is 23.1 Å². The standard InChI is InChI=1S/C32H32N6O9S2/c1-17-27-26(18(2)39)30(41)36(27)28(31(42)47-15-20-5-9-23(10-6-20)38(45)46)29(17)49-24-13-35(14-24)32-34-21(16-48-32)12-33-25(40)11-19-3-7-22(8-4-19)37(43)44/h3-10,16-18,24,26-27,39H,11-15H2,1-2H3,(H,33,40)/t17-,18-,26-,27-/m1/s1. The van der Waals surface area contributed by atoms with Crippen LogP contribution >= 0.6 is 23.1 Å². The molecule has 0 bridgehead atoms. The number of non-ortho nitro benzene ring substituents is 2. The van der Waals surface area contributed by atoms with Crippen molar-refractivity contribution < 1.29 is 34.1 Å². The summed E-state index contributed by atoms with van der Waals surface area (Å²) in [4.78, 5) is 68.7. The number of β-lactam (4-membered cyclic amide) rings is 1. The number of anilines is 1. The van der Waals surface area contributed by atoms with Crippen LogP contribution < -0.4 is 10.2 Å². The number of thiazole rings is 1. The van der Waals surface area contributed by atoms with Crippen LogP contribution in [0.15, 0.2) is 64.5 Å². The molecule has 15 nitrogen and oxygen atoms in total. The van der Waals surface area contributed by atoms with E-state index in [-0.39, 0.29) is 65.7 Å². The van der Waals surface area contributed by atoms with Crippen LogP contribution in [0.25, 0.3) is 0 Å². The van der Waals surface area contributed by atoms with Gasteiger partial charge in [0, 0.05) is 58.8 Å². The Balaban J connectivity index is 1.05. The third-order valence-electron chi connectivity index (χ3n) is 8.75. The molecule has 2 amide bonds. The van der Waals surface area contributed by atoms with E-state index in [1.165, 1.54) is 64.4 Å². The predicted molar refractivity (Wildman–Crippen MR) is 179 cm³/mol. The number of carbonyl (C=O) groups excluding carboxylic acids is 3. The highest BCUT2D eigenvalue weighted by atomic mass is 32.2. The molecule has 2 aromatic carbocycles. The van der Waals surface area contributed by atoms with E-state index in [9.17, 15) is 39.7 Å². The maximum absolute atomic E-state index is 13.5. The average molecular weight is 709 g/mol. The Hall–Kier alpha value is -4.87. The number of hydrogen-bond donors (Lipinski definition) is 2. The summed E-state index contributed by atoms with van der Waals surface area (Å²) in [6, 6.07) is 11.2. The molecule has 2 N–H and O–H groups in total. The smallest absolute Gasteiger partial charge is 0.356 e. The van der Waals surface area contributed by atoms with Gasteiger partial charge >= 0.3 is 5.97 Å². The van der Waals surface area contributed by atoms with Gasteiger partial charge in [0.15, 0.2) is 5.13 Å². The van der Waals surface area contributed by atoms with Crippen molar-refractivity contribution >= 4 is 57.4 Å². The van der Waals surface area contributed by atoms with Crippen LogP contribution in [0.2, 0.25) is 0 Å². The lowest BCUT2D eigenvalue weighted by molar-refractivity contribution is -0.385. The Bertz CT molecular complexity index is 1820. The number of benzene rings is 2. The van der Waals surface area contributed by atoms with Gasteiger partial charge in [0.1, 0.15) is 12.3 Å². The maximum Gasteiger partial charge on any atom is 0.356 e. The van der Waals surface area contributed by atoms with Crippen LogP contribution in [0.3, 0.4) is 0 Å². The highest BCUT2D eigenvalue weighted by molar-refractivity contribution is 8.03. The SMILES string of the molecule is C[C@@H](O)[C@H]1C(=O)N2C(C(=O)OCc3ccc([N+](=O)[O-])cc3)=C(SC3CN(c4nc(CNC(=O)Cc5ccc([N+](=O)[O-])cc5)cs4)C3)[C@H](C)[C@H]12. The summed E-state index contributed by atoms with van der Waals surface area (Å²) in [7, 11) is 0. The molecule has 3 aromatic rings. The fourth-order valence-electron chi connectivity index (χ4n) is 6.14.